The Hall–Kier alpha value is -0.910. The minimum Gasteiger partial charge on any atom is -0.329 e. The SMILES string of the molecule is CCN(CC)C(=O)N(CCN)CC(F)F. The van der Waals surface area contributed by atoms with Crippen molar-refractivity contribution in [3.63, 3.8) is 0 Å². The standard InChI is InChI=1S/C9H19F2N3O/c1-3-13(4-2)9(15)14(6-5-12)7-8(10)11/h8H,3-7,12H2,1-2H3. The molecule has 0 saturated carbocycles. The third-order valence-corrected chi connectivity index (χ3v) is 2.06. The second-order valence-electron chi connectivity index (χ2n) is 3.08. The zero-order chi connectivity index (χ0) is 11.8. The Balaban J connectivity index is 4.38. The lowest BCUT2D eigenvalue weighted by atomic mass is 10.4. The Bertz CT molecular complexity index is 186. The van der Waals surface area contributed by atoms with Crippen molar-refractivity contribution in [2.24, 2.45) is 5.73 Å². The number of amides is 2. The van der Waals surface area contributed by atoms with Gasteiger partial charge in [-0.3, -0.25) is 0 Å². The van der Waals surface area contributed by atoms with Crippen LogP contribution in [0.4, 0.5) is 13.6 Å². The Morgan fingerprint density at radius 3 is 2.13 bits per heavy atom. The third-order valence-electron chi connectivity index (χ3n) is 2.06. The highest BCUT2D eigenvalue weighted by Gasteiger charge is 2.20. The van der Waals surface area contributed by atoms with E-state index in [2.05, 4.69) is 0 Å². The van der Waals surface area contributed by atoms with Gasteiger partial charge in [-0.25, -0.2) is 13.6 Å². The van der Waals surface area contributed by atoms with Crippen molar-refractivity contribution in [1.82, 2.24) is 9.80 Å². The maximum atomic E-state index is 12.2. The number of hydrogen-bond acceptors (Lipinski definition) is 2. The topological polar surface area (TPSA) is 49.6 Å². The van der Waals surface area contributed by atoms with Crippen molar-refractivity contribution in [3.8, 4) is 0 Å². The number of carbonyl (C=O) groups excluding carboxylic acids is 1. The summed E-state index contributed by atoms with van der Waals surface area (Å²) in [5.41, 5.74) is 5.27. The predicted molar refractivity (Wildman–Crippen MR) is 54.9 cm³/mol. The lowest BCUT2D eigenvalue weighted by Gasteiger charge is -2.28. The van der Waals surface area contributed by atoms with Crippen LogP contribution in [0.1, 0.15) is 13.8 Å². The summed E-state index contributed by atoms with van der Waals surface area (Å²) in [5.74, 6) is 0. The van der Waals surface area contributed by atoms with E-state index in [-0.39, 0.29) is 19.1 Å². The fourth-order valence-corrected chi connectivity index (χ4v) is 1.28. The average Bonchev–Trinajstić information content (AvgIpc) is 2.18. The quantitative estimate of drug-likeness (QED) is 0.729. The number of alkyl halides is 2. The first-order valence-corrected chi connectivity index (χ1v) is 5.08. The molecule has 0 spiro atoms. The maximum Gasteiger partial charge on any atom is 0.320 e. The second-order valence-corrected chi connectivity index (χ2v) is 3.08. The summed E-state index contributed by atoms with van der Waals surface area (Å²) in [7, 11) is 0. The smallest absolute Gasteiger partial charge is 0.320 e. The third kappa shape index (κ3) is 4.92. The van der Waals surface area contributed by atoms with E-state index < -0.39 is 13.0 Å². The number of nitrogens with zero attached hydrogens (tertiary/aromatic N) is 2. The molecule has 0 unspecified atom stereocenters. The van der Waals surface area contributed by atoms with E-state index in [0.29, 0.717) is 13.1 Å². The summed E-state index contributed by atoms with van der Waals surface area (Å²) in [4.78, 5) is 14.3. The van der Waals surface area contributed by atoms with Crippen LogP contribution in [0.25, 0.3) is 0 Å². The molecule has 0 aliphatic rings. The van der Waals surface area contributed by atoms with Crippen molar-refractivity contribution < 1.29 is 13.6 Å². The van der Waals surface area contributed by atoms with Crippen molar-refractivity contribution in [2.45, 2.75) is 20.3 Å². The Labute approximate surface area is 89.0 Å². The number of hydrogen-bond donors (Lipinski definition) is 1. The molecule has 0 aromatic heterocycles. The molecule has 15 heavy (non-hydrogen) atoms. The summed E-state index contributed by atoms with van der Waals surface area (Å²) < 4.78 is 24.4. The molecule has 0 aliphatic heterocycles. The highest BCUT2D eigenvalue weighted by molar-refractivity contribution is 5.74. The summed E-state index contributed by atoms with van der Waals surface area (Å²) >= 11 is 0. The van der Waals surface area contributed by atoms with Crippen LogP contribution in [0.2, 0.25) is 0 Å². The number of halogens is 2. The molecule has 0 saturated heterocycles. The molecule has 0 aliphatic carbocycles. The van der Waals surface area contributed by atoms with Crippen LogP contribution < -0.4 is 5.73 Å². The first-order chi connectivity index (χ1) is 7.06. The molecule has 0 heterocycles. The molecule has 2 N–H and O–H groups in total. The lowest BCUT2D eigenvalue weighted by molar-refractivity contribution is 0.0873. The molecular weight excluding hydrogens is 204 g/mol. The van der Waals surface area contributed by atoms with Gasteiger partial charge in [-0.15, -0.1) is 0 Å². The Kier molecular flexibility index (Phi) is 6.94. The van der Waals surface area contributed by atoms with E-state index in [0.717, 1.165) is 4.90 Å². The Morgan fingerprint density at radius 2 is 1.80 bits per heavy atom. The van der Waals surface area contributed by atoms with Crippen LogP contribution in [0.15, 0.2) is 0 Å². The van der Waals surface area contributed by atoms with Gasteiger partial charge in [-0.2, -0.15) is 0 Å². The van der Waals surface area contributed by atoms with E-state index in [4.69, 9.17) is 5.73 Å². The number of carbonyl (C=O) groups is 1. The summed E-state index contributed by atoms with van der Waals surface area (Å²) in [6.45, 7) is 4.46. The van der Waals surface area contributed by atoms with Gasteiger partial charge in [-0.05, 0) is 13.8 Å². The molecule has 0 aromatic rings. The van der Waals surface area contributed by atoms with Crippen molar-refractivity contribution in [2.75, 3.05) is 32.7 Å². The molecule has 0 aromatic carbocycles. The van der Waals surface area contributed by atoms with Gasteiger partial charge in [0.2, 0.25) is 0 Å². The monoisotopic (exact) mass is 223 g/mol. The summed E-state index contributed by atoms with van der Waals surface area (Å²) in [6, 6.07) is -0.370. The lowest BCUT2D eigenvalue weighted by Crippen LogP contribution is -2.46. The molecule has 6 heteroatoms. The first-order valence-electron chi connectivity index (χ1n) is 5.08. The van der Waals surface area contributed by atoms with Crippen LogP contribution in [0.3, 0.4) is 0 Å². The fourth-order valence-electron chi connectivity index (χ4n) is 1.28. The van der Waals surface area contributed by atoms with Gasteiger partial charge in [0.15, 0.2) is 0 Å². The molecule has 0 atom stereocenters. The zero-order valence-electron chi connectivity index (χ0n) is 9.25. The molecule has 0 radical (unpaired) electrons. The molecule has 0 bridgehead atoms. The second kappa shape index (κ2) is 7.39. The summed E-state index contributed by atoms with van der Waals surface area (Å²) in [5, 5.41) is 0. The van der Waals surface area contributed by atoms with E-state index >= 15 is 0 Å². The van der Waals surface area contributed by atoms with Gasteiger partial charge in [0.1, 0.15) is 0 Å². The van der Waals surface area contributed by atoms with E-state index in [1.165, 1.54) is 4.90 Å². The van der Waals surface area contributed by atoms with E-state index in [1.807, 2.05) is 13.8 Å². The van der Waals surface area contributed by atoms with Crippen LogP contribution >= 0.6 is 0 Å². The molecular formula is C9H19F2N3O. The van der Waals surface area contributed by atoms with Crippen molar-refractivity contribution in [3.05, 3.63) is 0 Å². The molecule has 0 fully saturated rings. The van der Waals surface area contributed by atoms with Crippen molar-refractivity contribution in [1.29, 1.82) is 0 Å². The number of urea groups is 1. The summed E-state index contributed by atoms with van der Waals surface area (Å²) in [6.07, 6.45) is -2.52. The van der Waals surface area contributed by atoms with Gasteiger partial charge >= 0.3 is 6.03 Å². The van der Waals surface area contributed by atoms with Gasteiger partial charge in [0, 0.05) is 26.2 Å². The number of rotatable bonds is 6. The molecule has 2 amide bonds. The van der Waals surface area contributed by atoms with Crippen molar-refractivity contribution >= 4 is 6.03 Å². The van der Waals surface area contributed by atoms with E-state index in [9.17, 15) is 13.6 Å². The average molecular weight is 223 g/mol. The molecule has 0 rings (SSSR count). The van der Waals surface area contributed by atoms with Crippen LogP contribution in [0, 0.1) is 0 Å². The molecule has 4 nitrogen and oxygen atoms in total. The van der Waals surface area contributed by atoms with Gasteiger partial charge in [0.25, 0.3) is 6.43 Å². The van der Waals surface area contributed by atoms with Gasteiger partial charge in [-0.1, -0.05) is 0 Å². The van der Waals surface area contributed by atoms with E-state index in [1.54, 1.807) is 0 Å². The zero-order valence-corrected chi connectivity index (χ0v) is 9.25. The molecule has 90 valence electrons. The highest BCUT2D eigenvalue weighted by atomic mass is 19.3. The number of nitrogens with two attached hydrogens (primary N) is 1. The normalized spacial score (nSPS) is 10.5. The predicted octanol–water partition coefficient (Wildman–Crippen LogP) is 0.974. The minimum absolute atomic E-state index is 0.166. The van der Waals surface area contributed by atoms with Gasteiger partial charge < -0.3 is 15.5 Å². The minimum atomic E-state index is -2.52. The fraction of sp³-hybridized carbons (Fsp3) is 0.889. The van der Waals surface area contributed by atoms with Crippen LogP contribution in [0.5, 0.6) is 0 Å². The van der Waals surface area contributed by atoms with Crippen LogP contribution in [-0.4, -0.2) is 55.0 Å². The Morgan fingerprint density at radius 1 is 1.27 bits per heavy atom. The van der Waals surface area contributed by atoms with Gasteiger partial charge in [0.05, 0.1) is 6.54 Å². The highest BCUT2D eigenvalue weighted by Crippen LogP contribution is 2.03. The maximum absolute atomic E-state index is 12.2. The van der Waals surface area contributed by atoms with Crippen LogP contribution in [-0.2, 0) is 0 Å². The first kappa shape index (κ1) is 14.1. The largest absolute Gasteiger partial charge is 0.329 e.